The summed E-state index contributed by atoms with van der Waals surface area (Å²) in [6.07, 6.45) is 1.90. The van der Waals surface area contributed by atoms with Crippen LogP contribution in [0.25, 0.3) is 0 Å². The summed E-state index contributed by atoms with van der Waals surface area (Å²) in [4.78, 5) is 24.8. The molecule has 0 aliphatic heterocycles. The molecule has 0 unspecified atom stereocenters. The van der Waals surface area contributed by atoms with Crippen molar-refractivity contribution in [1.29, 1.82) is 0 Å². The van der Waals surface area contributed by atoms with E-state index < -0.39 is 5.97 Å². The Bertz CT molecular complexity index is 494. The van der Waals surface area contributed by atoms with Crippen LogP contribution in [0.5, 0.6) is 0 Å². The molecule has 0 aromatic heterocycles. The van der Waals surface area contributed by atoms with Crippen molar-refractivity contribution in [2.75, 3.05) is 6.54 Å². The van der Waals surface area contributed by atoms with E-state index in [1.54, 1.807) is 17.0 Å². The Balaban J connectivity index is 2.16. The molecule has 1 aliphatic carbocycles. The molecule has 1 N–H and O–H groups in total. The van der Waals surface area contributed by atoms with Gasteiger partial charge < -0.3 is 10.0 Å². The number of amides is 1. The van der Waals surface area contributed by atoms with Gasteiger partial charge in [0.05, 0.1) is 6.42 Å². The smallest absolute Gasteiger partial charge is 0.305 e. The number of hydrogen-bond donors (Lipinski definition) is 1. The van der Waals surface area contributed by atoms with E-state index in [0.29, 0.717) is 5.56 Å². The predicted octanol–water partition coefficient (Wildman–Crippen LogP) is 3.29. The first-order valence-corrected chi connectivity index (χ1v) is 7.55. The Morgan fingerprint density at radius 1 is 1.21 bits per heavy atom. The molecule has 19 heavy (non-hydrogen) atoms. The number of rotatable bonds is 5. The SMILES string of the molecule is O=C(O)CCN(C(=O)c1cc(Br)cc(Br)c1)C1CC1. The Morgan fingerprint density at radius 2 is 1.79 bits per heavy atom. The van der Waals surface area contributed by atoms with E-state index in [2.05, 4.69) is 31.9 Å². The highest BCUT2D eigenvalue weighted by Gasteiger charge is 2.33. The van der Waals surface area contributed by atoms with Crippen molar-refractivity contribution in [2.45, 2.75) is 25.3 Å². The van der Waals surface area contributed by atoms with Crippen LogP contribution in [0.3, 0.4) is 0 Å². The topological polar surface area (TPSA) is 57.6 Å². The number of carboxylic acid groups (broad SMARTS) is 1. The van der Waals surface area contributed by atoms with Gasteiger partial charge in [-0.2, -0.15) is 0 Å². The van der Waals surface area contributed by atoms with Gasteiger partial charge in [0.2, 0.25) is 0 Å². The molecule has 0 saturated heterocycles. The van der Waals surface area contributed by atoms with E-state index in [1.807, 2.05) is 6.07 Å². The maximum atomic E-state index is 12.4. The molecule has 6 heteroatoms. The van der Waals surface area contributed by atoms with Gasteiger partial charge in [-0.25, -0.2) is 0 Å². The summed E-state index contributed by atoms with van der Waals surface area (Å²) in [5.74, 6) is -0.986. The van der Waals surface area contributed by atoms with Crippen molar-refractivity contribution >= 4 is 43.7 Å². The minimum Gasteiger partial charge on any atom is -0.481 e. The minimum absolute atomic E-state index is 0.0165. The highest BCUT2D eigenvalue weighted by atomic mass is 79.9. The van der Waals surface area contributed by atoms with E-state index in [-0.39, 0.29) is 24.9 Å². The van der Waals surface area contributed by atoms with Gasteiger partial charge in [-0.15, -0.1) is 0 Å². The van der Waals surface area contributed by atoms with Gasteiger partial charge in [0.25, 0.3) is 5.91 Å². The first-order valence-electron chi connectivity index (χ1n) is 5.96. The lowest BCUT2D eigenvalue weighted by Crippen LogP contribution is -2.35. The highest BCUT2D eigenvalue weighted by molar-refractivity contribution is 9.11. The van der Waals surface area contributed by atoms with E-state index >= 15 is 0 Å². The molecule has 2 rings (SSSR count). The fourth-order valence-electron chi connectivity index (χ4n) is 1.90. The van der Waals surface area contributed by atoms with Gasteiger partial charge in [0.1, 0.15) is 0 Å². The molecule has 102 valence electrons. The van der Waals surface area contributed by atoms with E-state index in [0.717, 1.165) is 21.8 Å². The Hall–Kier alpha value is -0.880. The second-order valence-electron chi connectivity index (χ2n) is 4.53. The van der Waals surface area contributed by atoms with Crippen LogP contribution in [0, 0.1) is 0 Å². The average molecular weight is 391 g/mol. The third-order valence-corrected chi connectivity index (χ3v) is 3.84. The van der Waals surface area contributed by atoms with Crippen molar-refractivity contribution in [3.05, 3.63) is 32.7 Å². The normalized spacial score (nSPS) is 14.2. The summed E-state index contributed by atoms with van der Waals surface area (Å²) in [5, 5.41) is 8.75. The monoisotopic (exact) mass is 389 g/mol. The van der Waals surface area contributed by atoms with E-state index in [4.69, 9.17) is 5.11 Å². The van der Waals surface area contributed by atoms with Crippen LogP contribution in [0.1, 0.15) is 29.6 Å². The van der Waals surface area contributed by atoms with Gasteiger partial charge in [-0.05, 0) is 31.0 Å². The molecule has 0 spiro atoms. The zero-order chi connectivity index (χ0) is 14.0. The van der Waals surface area contributed by atoms with Crippen molar-refractivity contribution in [1.82, 2.24) is 4.90 Å². The fourth-order valence-corrected chi connectivity index (χ4v) is 3.19. The van der Waals surface area contributed by atoms with Gasteiger partial charge in [0.15, 0.2) is 0 Å². The number of hydrogen-bond acceptors (Lipinski definition) is 2. The molecule has 0 atom stereocenters. The lowest BCUT2D eigenvalue weighted by atomic mass is 10.2. The molecule has 1 fully saturated rings. The number of aliphatic carboxylic acids is 1. The summed E-state index contributed by atoms with van der Waals surface area (Å²) in [7, 11) is 0. The van der Waals surface area contributed by atoms with Gasteiger partial charge in [-0.1, -0.05) is 31.9 Å². The first-order chi connectivity index (χ1) is 8.97. The Morgan fingerprint density at radius 3 is 2.26 bits per heavy atom. The minimum atomic E-state index is -0.881. The summed E-state index contributed by atoms with van der Waals surface area (Å²) < 4.78 is 1.64. The molecule has 1 aromatic rings. The number of benzene rings is 1. The number of halogens is 2. The maximum absolute atomic E-state index is 12.4. The zero-order valence-electron chi connectivity index (χ0n) is 10.1. The summed E-state index contributed by atoms with van der Waals surface area (Å²) in [6.45, 7) is 0.267. The molecule has 0 heterocycles. The highest BCUT2D eigenvalue weighted by Crippen LogP contribution is 2.29. The number of carbonyl (C=O) groups is 2. The summed E-state index contributed by atoms with van der Waals surface area (Å²) >= 11 is 6.70. The van der Waals surface area contributed by atoms with E-state index in [9.17, 15) is 9.59 Å². The standard InChI is InChI=1S/C13H13Br2NO3/c14-9-5-8(6-10(15)7-9)13(19)16(11-1-2-11)4-3-12(17)18/h5-7,11H,1-4H2,(H,17,18). The quantitative estimate of drug-likeness (QED) is 0.839. The number of carboxylic acids is 1. The number of nitrogens with zero attached hydrogens (tertiary/aromatic N) is 1. The van der Waals surface area contributed by atoms with Gasteiger partial charge >= 0.3 is 5.97 Å². The van der Waals surface area contributed by atoms with Crippen LogP contribution in [-0.4, -0.2) is 34.5 Å². The molecule has 1 amide bonds. The Labute approximate surface area is 128 Å². The maximum Gasteiger partial charge on any atom is 0.305 e. The summed E-state index contributed by atoms with van der Waals surface area (Å²) in [6, 6.07) is 5.56. The largest absolute Gasteiger partial charge is 0.481 e. The molecule has 0 radical (unpaired) electrons. The Kier molecular flexibility index (Phi) is 4.62. The predicted molar refractivity (Wildman–Crippen MR) is 78.2 cm³/mol. The fraction of sp³-hybridized carbons (Fsp3) is 0.385. The van der Waals surface area contributed by atoms with Crippen molar-refractivity contribution < 1.29 is 14.7 Å². The summed E-state index contributed by atoms with van der Waals surface area (Å²) in [5.41, 5.74) is 0.568. The number of carbonyl (C=O) groups excluding carboxylic acids is 1. The van der Waals surface area contributed by atoms with Crippen molar-refractivity contribution in [2.24, 2.45) is 0 Å². The molecule has 1 aromatic carbocycles. The molecular formula is C13H13Br2NO3. The van der Waals surface area contributed by atoms with Crippen LogP contribution in [-0.2, 0) is 4.79 Å². The first kappa shape index (κ1) is 14.5. The van der Waals surface area contributed by atoms with Crippen LogP contribution >= 0.6 is 31.9 Å². The van der Waals surface area contributed by atoms with Crippen LogP contribution in [0.15, 0.2) is 27.1 Å². The third kappa shape index (κ3) is 4.04. The van der Waals surface area contributed by atoms with Crippen LogP contribution in [0.2, 0.25) is 0 Å². The van der Waals surface area contributed by atoms with Crippen LogP contribution < -0.4 is 0 Å². The van der Waals surface area contributed by atoms with Gasteiger partial charge in [-0.3, -0.25) is 9.59 Å². The van der Waals surface area contributed by atoms with Crippen molar-refractivity contribution in [3.8, 4) is 0 Å². The molecular weight excluding hydrogens is 378 g/mol. The average Bonchev–Trinajstić information content (AvgIpc) is 3.11. The van der Waals surface area contributed by atoms with Crippen molar-refractivity contribution in [3.63, 3.8) is 0 Å². The zero-order valence-corrected chi connectivity index (χ0v) is 13.3. The molecule has 1 aliphatic rings. The lowest BCUT2D eigenvalue weighted by Gasteiger charge is -2.22. The third-order valence-electron chi connectivity index (χ3n) is 2.92. The van der Waals surface area contributed by atoms with E-state index in [1.165, 1.54) is 0 Å². The molecule has 4 nitrogen and oxygen atoms in total. The molecule has 0 bridgehead atoms. The van der Waals surface area contributed by atoms with Gasteiger partial charge in [0, 0.05) is 27.1 Å². The second-order valence-corrected chi connectivity index (χ2v) is 6.36. The second kappa shape index (κ2) is 6.05. The molecule has 1 saturated carbocycles. The van der Waals surface area contributed by atoms with Crippen LogP contribution in [0.4, 0.5) is 0 Å². The lowest BCUT2D eigenvalue weighted by molar-refractivity contribution is -0.137.